The smallest absolute Gasteiger partial charge is 0.311 e. The number of hydrogen-bond acceptors (Lipinski definition) is 7. The fourth-order valence-electron chi connectivity index (χ4n) is 1.77. The zero-order chi connectivity index (χ0) is 17.0. The van der Waals surface area contributed by atoms with Gasteiger partial charge in [0.05, 0.1) is 16.8 Å². The highest BCUT2D eigenvalue weighted by atomic mass is 32.2. The van der Waals surface area contributed by atoms with E-state index in [1.807, 2.05) is 0 Å². The Bertz CT molecular complexity index is 729. The number of aromatic amines is 1. The Morgan fingerprint density at radius 3 is 2.83 bits per heavy atom. The summed E-state index contributed by atoms with van der Waals surface area (Å²) in [4.78, 5) is 25.9. The average molecular weight is 336 g/mol. The second kappa shape index (κ2) is 7.23. The minimum Gasteiger partial charge on any atom is -0.484 e. The summed E-state index contributed by atoms with van der Waals surface area (Å²) in [7, 11) is 0. The number of aromatic nitrogens is 3. The van der Waals surface area contributed by atoms with Crippen LogP contribution in [0.15, 0.2) is 23.4 Å². The van der Waals surface area contributed by atoms with Crippen LogP contribution in [0.25, 0.3) is 11.4 Å². The van der Waals surface area contributed by atoms with Crippen LogP contribution < -0.4 is 4.74 Å². The van der Waals surface area contributed by atoms with Gasteiger partial charge in [0.25, 0.3) is 0 Å². The molecule has 8 nitrogen and oxygen atoms in total. The number of nitrogens with one attached hydrogen (secondary N) is 1. The molecule has 0 aliphatic rings. The first-order valence-electron chi connectivity index (χ1n) is 6.87. The molecule has 0 bridgehead atoms. The molecule has 9 heteroatoms. The molecule has 0 aliphatic carbocycles. The molecule has 23 heavy (non-hydrogen) atoms. The molecule has 0 aliphatic heterocycles. The van der Waals surface area contributed by atoms with Crippen molar-refractivity contribution in [2.75, 3.05) is 5.75 Å². The second-order valence-electron chi connectivity index (χ2n) is 5.06. The van der Waals surface area contributed by atoms with Crippen molar-refractivity contribution >= 4 is 23.2 Å². The molecule has 2 aromatic rings. The summed E-state index contributed by atoms with van der Waals surface area (Å²) in [6.45, 7) is 5.08. The van der Waals surface area contributed by atoms with E-state index in [0.717, 1.165) is 0 Å². The minimum absolute atomic E-state index is 0.0205. The lowest BCUT2D eigenvalue weighted by atomic mass is 10.2. The highest BCUT2D eigenvalue weighted by molar-refractivity contribution is 7.99. The van der Waals surface area contributed by atoms with Crippen molar-refractivity contribution in [2.24, 2.45) is 0 Å². The van der Waals surface area contributed by atoms with E-state index in [1.54, 1.807) is 26.0 Å². The van der Waals surface area contributed by atoms with E-state index < -0.39 is 4.92 Å². The number of nitro groups is 1. The molecular weight excluding hydrogens is 320 g/mol. The average Bonchev–Trinajstić information content (AvgIpc) is 2.93. The van der Waals surface area contributed by atoms with E-state index in [0.29, 0.717) is 16.5 Å². The first-order chi connectivity index (χ1) is 10.9. The van der Waals surface area contributed by atoms with Crippen LogP contribution >= 0.6 is 11.8 Å². The predicted molar refractivity (Wildman–Crippen MR) is 85.6 cm³/mol. The van der Waals surface area contributed by atoms with Gasteiger partial charge in [-0.25, -0.2) is 4.98 Å². The highest BCUT2D eigenvalue weighted by Gasteiger charge is 2.19. The first kappa shape index (κ1) is 16.9. The summed E-state index contributed by atoms with van der Waals surface area (Å²) >= 11 is 1.20. The molecule has 122 valence electrons. The number of nitro benzene ring substituents is 1. The van der Waals surface area contributed by atoms with Crippen molar-refractivity contribution in [1.29, 1.82) is 0 Å². The maximum atomic E-state index is 11.2. The van der Waals surface area contributed by atoms with Crippen LogP contribution in [0.4, 0.5) is 5.69 Å². The van der Waals surface area contributed by atoms with Gasteiger partial charge in [0, 0.05) is 11.6 Å². The summed E-state index contributed by atoms with van der Waals surface area (Å²) in [6.07, 6.45) is -0.167. The van der Waals surface area contributed by atoms with Crippen molar-refractivity contribution in [3.05, 3.63) is 28.3 Å². The van der Waals surface area contributed by atoms with Gasteiger partial charge in [-0.2, -0.15) is 0 Å². The van der Waals surface area contributed by atoms with E-state index in [9.17, 15) is 14.9 Å². The third-order valence-electron chi connectivity index (χ3n) is 2.66. The number of Topliss-reactive ketones (excluding diaryl/α,β-unsaturated/α-hetero) is 1. The molecule has 0 amide bonds. The lowest BCUT2D eigenvalue weighted by Gasteiger charge is -2.10. The Morgan fingerprint density at radius 2 is 2.22 bits per heavy atom. The first-order valence-corrected chi connectivity index (χ1v) is 7.85. The third kappa shape index (κ3) is 4.52. The second-order valence-corrected chi connectivity index (χ2v) is 6.01. The monoisotopic (exact) mass is 336 g/mol. The molecule has 0 atom stereocenters. The van der Waals surface area contributed by atoms with Crippen LogP contribution in [0, 0.1) is 10.1 Å². The molecule has 1 aromatic carbocycles. The molecule has 1 aromatic heterocycles. The van der Waals surface area contributed by atoms with Crippen LogP contribution in [0.2, 0.25) is 0 Å². The summed E-state index contributed by atoms with van der Waals surface area (Å²) < 4.78 is 5.44. The third-order valence-corrected chi connectivity index (χ3v) is 3.65. The van der Waals surface area contributed by atoms with Crippen molar-refractivity contribution in [3.63, 3.8) is 0 Å². The molecule has 0 unspecified atom stereocenters. The van der Waals surface area contributed by atoms with Gasteiger partial charge in [-0.1, -0.05) is 11.8 Å². The van der Waals surface area contributed by atoms with Crippen LogP contribution in [-0.4, -0.2) is 37.7 Å². The van der Waals surface area contributed by atoms with Crippen molar-refractivity contribution < 1.29 is 14.5 Å². The topological polar surface area (TPSA) is 111 Å². The highest BCUT2D eigenvalue weighted by Crippen LogP contribution is 2.32. The molecule has 1 N–H and O–H groups in total. The van der Waals surface area contributed by atoms with E-state index in [-0.39, 0.29) is 29.1 Å². The van der Waals surface area contributed by atoms with Gasteiger partial charge in [0.15, 0.2) is 11.6 Å². The molecule has 0 saturated carbocycles. The molecule has 2 rings (SSSR count). The summed E-state index contributed by atoms with van der Waals surface area (Å²) in [5, 5.41) is 18.3. The number of thioether (sulfide) groups is 1. The number of ketones is 1. The van der Waals surface area contributed by atoms with Gasteiger partial charge in [-0.05, 0) is 32.9 Å². The summed E-state index contributed by atoms with van der Waals surface area (Å²) in [5.41, 5.74) is 0.389. The molecular formula is C14H16N4O4S. The van der Waals surface area contributed by atoms with Gasteiger partial charge < -0.3 is 4.74 Å². The summed E-state index contributed by atoms with van der Waals surface area (Å²) in [5.74, 6) is 0.903. The SMILES string of the molecule is CC(=O)CSc1n[nH]c(-c2ccc(OC(C)C)c([N+](=O)[O-])c2)n1. The van der Waals surface area contributed by atoms with E-state index in [1.165, 1.54) is 24.8 Å². The van der Waals surface area contributed by atoms with Gasteiger partial charge in [-0.15, -0.1) is 5.10 Å². The predicted octanol–water partition coefficient (Wildman–Crippen LogP) is 2.85. The minimum atomic E-state index is -0.497. The zero-order valence-electron chi connectivity index (χ0n) is 12.9. The van der Waals surface area contributed by atoms with Gasteiger partial charge in [-0.3, -0.25) is 20.0 Å². The normalized spacial score (nSPS) is 10.8. The molecule has 0 radical (unpaired) electrons. The molecule has 0 fully saturated rings. The van der Waals surface area contributed by atoms with Gasteiger partial charge >= 0.3 is 5.69 Å². The Kier molecular flexibility index (Phi) is 5.32. The number of rotatable bonds is 7. The molecule has 1 heterocycles. The fraction of sp³-hybridized carbons (Fsp3) is 0.357. The zero-order valence-corrected chi connectivity index (χ0v) is 13.7. The van der Waals surface area contributed by atoms with Crippen LogP contribution in [-0.2, 0) is 4.79 Å². The Labute approximate surface area is 136 Å². The van der Waals surface area contributed by atoms with Gasteiger partial charge in [0.2, 0.25) is 5.16 Å². The van der Waals surface area contributed by atoms with Gasteiger partial charge in [0.1, 0.15) is 5.78 Å². The largest absolute Gasteiger partial charge is 0.484 e. The number of benzene rings is 1. The van der Waals surface area contributed by atoms with E-state index >= 15 is 0 Å². The Hall–Kier alpha value is -2.42. The molecule has 0 saturated heterocycles. The molecule has 0 spiro atoms. The quantitative estimate of drug-likeness (QED) is 0.470. The summed E-state index contributed by atoms with van der Waals surface area (Å²) in [6, 6.07) is 4.60. The number of carbonyl (C=O) groups is 1. The van der Waals surface area contributed by atoms with Crippen molar-refractivity contribution in [3.8, 4) is 17.1 Å². The number of nitrogens with zero attached hydrogens (tertiary/aromatic N) is 3. The Balaban J connectivity index is 2.28. The number of carbonyl (C=O) groups excluding carboxylic acids is 1. The van der Waals surface area contributed by atoms with E-state index in [2.05, 4.69) is 15.2 Å². The maximum absolute atomic E-state index is 11.2. The van der Waals surface area contributed by atoms with Crippen molar-refractivity contribution in [2.45, 2.75) is 32.0 Å². The fourth-order valence-corrected chi connectivity index (χ4v) is 2.37. The van der Waals surface area contributed by atoms with E-state index in [4.69, 9.17) is 4.74 Å². The van der Waals surface area contributed by atoms with Crippen molar-refractivity contribution in [1.82, 2.24) is 15.2 Å². The number of hydrogen-bond donors (Lipinski definition) is 1. The van der Waals surface area contributed by atoms with Crippen LogP contribution in [0.1, 0.15) is 20.8 Å². The lowest BCUT2D eigenvalue weighted by Crippen LogP contribution is -2.07. The number of H-pyrrole nitrogens is 1. The lowest BCUT2D eigenvalue weighted by molar-refractivity contribution is -0.386. The Morgan fingerprint density at radius 1 is 1.48 bits per heavy atom. The maximum Gasteiger partial charge on any atom is 0.311 e. The number of ether oxygens (including phenoxy) is 1. The standard InChI is InChI=1S/C14H16N4O4S/c1-8(2)22-12-5-4-10(6-11(12)18(20)21)13-15-14(17-16-13)23-7-9(3)19/h4-6,8H,7H2,1-3H3,(H,15,16,17). The van der Waals surface area contributed by atoms with Crippen LogP contribution in [0.3, 0.4) is 0 Å². The van der Waals surface area contributed by atoms with Crippen LogP contribution in [0.5, 0.6) is 5.75 Å².